The zero-order valence-corrected chi connectivity index (χ0v) is 24.0. The van der Waals surface area contributed by atoms with E-state index in [4.69, 9.17) is 18.9 Å². The Kier molecular flexibility index (Phi) is 6.51. The number of piperazine rings is 1. The van der Waals surface area contributed by atoms with E-state index < -0.39 is 18.1 Å². The normalized spacial score (nSPS) is 25.8. The van der Waals surface area contributed by atoms with Gasteiger partial charge in [0.15, 0.2) is 23.0 Å². The maximum absolute atomic E-state index is 12.3. The number of fused-ring (bicyclic) bond motifs is 9. The molecular formula is C30H34N4O7. The molecule has 11 heteroatoms. The number of rotatable bonds is 4. The van der Waals surface area contributed by atoms with Crippen molar-refractivity contribution >= 4 is 11.9 Å². The number of hydrogen-bond donors (Lipinski definition) is 2. The zero-order chi connectivity index (χ0) is 29.3. The summed E-state index contributed by atoms with van der Waals surface area (Å²) in [6, 6.07) is 2.78. The predicted octanol–water partition coefficient (Wildman–Crippen LogP) is 2.58. The fourth-order valence-electron chi connectivity index (χ4n) is 7.55. The largest absolute Gasteiger partial charge is 0.504 e. The topological polar surface area (TPSA) is 134 Å². The van der Waals surface area contributed by atoms with Crippen LogP contribution in [0.25, 0.3) is 0 Å². The third-order valence-electron chi connectivity index (χ3n) is 9.06. The van der Waals surface area contributed by atoms with Crippen molar-refractivity contribution < 1.29 is 33.6 Å². The molecule has 4 aliphatic rings. The number of ether oxygens (including phenoxy) is 4. The van der Waals surface area contributed by atoms with Crippen molar-refractivity contribution in [2.24, 2.45) is 0 Å². The Hall–Kier alpha value is -4.01. The van der Waals surface area contributed by atoms with Crippen LogP contribution in [0.3, 0.4) is 0 Å². The van der Waals surface area contributed by atoms with E-state index in [-0.39, 0.29) is 43.1 Å². The van der Waals surface area contributed by atoms with Gasteiger partial charge in [-0.1, -0.05) is 6.07 Å². The molecule has 4 heterocycles. The Labute approximate surface area is 238 Å². The van der Waals surface area contributed by atoms with E-state index in [9.17, 15) is 20.0 Å². The van der Waals surface area contributed by atoms with E-state index in [0.29, 0.717) is 41.4 Å². The molecule has 2 aromatic carbocycles. The molecule has 2 aromatic rings. The first-order valence-electron chi connectivity index (χ1n) is 13.7. The van der Waals surface area contributed by atoms with Crippen molar-refractivity contribution in [1.29, 1.82) is 5.26 Å². The lowest BCUT2D eigenvalue weighted by Gasteiger charge is -2.60. The summed E-state index contributed by atoms with van der Waals surface area (Å²) in [7, 11) is 3.53. The van der Waals surface area contributed by atoms with Crippen LogP contribution in [0.4, 0.5) is 0 Å². The third kappa shape index (κ3) is 3.92. The third-order valence-corrected chi connectivity index (χ3v) is 9.06. The Morgan fingerprint density at radius 3 is 2.54 bits per heavy atom. The second-order valence-corrected chi connectivity index (χ2v) is 11.3. The summed E-state index contributed by atoms with van der Waals surface area (Å²) in [6.07, 6.45) is 0.965. The molecule has 1 unspecified atom stereocenters. The standard InChI is InChI=1S/C30H34N4O7/c1-13-7-17-8-19-21(10-31)34-20(25(33(19)5)23(17)26(37)27(13)38-6)9-18-24(22(34)11-32-15(3)35)30-29(39-12-40-30)14(2)28(18)41-16(4)36/h7,19-22,25,37H,8-9,11-12H2,1-6H3,(H,32,35)/t19-,20?,21+,22+,25-/m1/s1. The Balaban J connectivity index is 1.63. The second-order valence-electron chi connectivity index (χ2n) is 11.3. The van der Waals surface area contributed by atoms with Crippen LogP contribution in [0.5, 0.6) is 28.7 Å². The van der Waals surface area contributed by atoms with Crippen LogP contribution in [-0.2, 0) is 22.4 Å². The molecule has 1 fully saturated rings. The fraction of sp³-hybridized carbons (Fsp3) is 0.500. The minimum Gasteiger partial charge on any atom is -0.504 e. The van der Waals surface area contributed by atoms with E-state index in [1.165, 1.54) is 13.8 Å². The van der Waals surface area contributed by atoms with Gasteiger partial charge in [0.2, 0.25) is 12.7 Å². The van der Waals surface area contributed by atoms with Crippen LogP contribution < -0.4 is 24.3 Å². The molecule has 41 heavy (non-hydrogen) atoms. The minimum absolute atomic E-state index is 0.0124. The number of nitrogens with one attached hydrogen (secondary N) is 1. The maximum Gasteiger partial charge on any atom is 0.308 e. The highest BCUT2D eigenvalue weighted by atomic mass is 16.7. The summed E-state index contributed by atoms with van der Waals surface area (Å²) in [4.78, 5) is 28.8. The minimum atomic E-state index is -0.540. The van der Waals surface area contributed by atoms with Gasteiger partial charge in [-0.05, 0) is 44.9 Å². The highest BCUT2D eigenvalue weighted by molar-refractivity contribution is 5.75. The monoisotopic (exact) mass is 562 g/mol. The first kappa shape index (κ1) is 27.2. The number of phenolic OH excluding ortho intramolecular Hbond substituents is 1. The van der Waals surface area contributed by atoms with Crippen molar-refractivity contribution in [3.63, 3.8) is 0 Å². The van der Waals surface area contributed by atoms with Gasteiger partial charge in [-0.25, -0.2) is 0 Å². The number of aryl methyl sites for hydroxylation is 1. The molecule has 1 amide bonds. The molecule has 1 saturated heterocycles. The number of amides is 1. The van der Waals surface area contributed by atoms with Crippen LogP contribution >= 0.6 is 0 Å². The van der Waals surface area contributed by atoms with Gasteiger partial charge < -0.3 is 29.4 Å². The number of aromatic hydroxyl groups is 1. The van der Waals surface area contributed by atoms with E-state index in [1.54, 1.807) is 7.11 Å². The predicted molar refractivity (Wildman–Crippen MR) is 146 cm³/mol. The number of phenols is 1. The number of benzene rings is 2. The van der Waals surface area contributed by atoms with Gasteiger partial charge >= 0.3 is 5.97 Å². The van der Waals surface area contributed by atoms with Crippen molar-refractivity contribution in [1.82, 2.24) is 15.1 Å². The SMILES string of the molecule is COc1c(C)cc2c(c1O)[C@H]1C3Cc4c(OC(C)=O)c(C)c5c(c4[C@H](CNC(C)=O)N3[C@@H](C#N)[C@@H](C2)N1C)OCO5. The van der Waals surface area contributed by atoms with Crippen molar-refractivity contribution in [2.75, 3.05) is 27.5 Å². The molecule has 2 bridgehead atoms. The number of methoxy groups -OCH3 is 1. The average molecular weight is 563 g/mol. The Morgan fingerprint density at radius 1 is 1.15 bits per heavy atom. The molecule has 2 N–H and O–H groups in total. The molecule has 0 spiro atoms. The van der Waals surface area contributed by atoms with Gasteiger partial charge in [-0.2, -0.15) is 5.26 Å². The van der Waals surface area contributed by atoms with E-state index in [2.05, 4.69) is 21.2 Å². The number of carbonyl (C=O) groups excluding carboxylic acids is 2. The first-order chi connectivity index (χ1) is 19.6. The van der Waals surface area contributed by atoms with Gasteiger partial charge in [0.05, 0.1) is 25.3 Å². The first-order valence-corrected chi connectivity index (χ1v) is 13.7. The lowest BCUT2D eigenvalue weighted by atomic mass is 9.71. The quantitative estimate of drug-likeness (QED) is 0.423. The van der Waals surface area contributed by atoms with Crippen molar-refractivity contribution in [3.05, 3.63) is 39.4 Å². The lowest BCUT2D eigenvalue weighted by molar-refractivity contribution is -0.132. The van der Waals surface area contributed by atoms with Crippen molar-refractivity contribution in [3.8, 4) is 34.8 Å². The summed E-state index contributed by atoms with van der Waals surface area (Å²) in [5, 5.41) is 25.2. The summed E-state index contributed by atoms with van der Waals surface area (Å²) in [5.41, 5.74) is 4.76. The molecule has 11 nitrogen and oxygen atoms in total. The van der Waals surface area contributed by atoms with E-state index in [1.807, 2.05) is 27.0 Å². The Morgan fingerprint density at radius 2 is 1.88 bits per heavy atom. The molecule has 5 atom stereocenters. The average Bonchev–Trinajstić information content (AvgIpc) is 3.40. The van der Waals surface area contributed by atoms with Crippen molar-refractivity contribution in [2.45, 2.75) is 70.7 Å². The molecule has 0 aromatic heterocycles. The van der Waals surface area contributed by atoms with Crippen LogP contribution in [-0.4, -0.2) is 72.4 Å². The highest BCUT2D eigenvalue weighted by Crippen LogP contribution is 2.58. The second kappa shape index (κ2) is 9.82. The molecular weight excluding hydrogens is 528 g/mol. The molecule has 216 valence electrons. The zero-order valence-electron chi connectivity index (χ0n) is 24.0. The molecule has 0 saturated carbocycles. The van der Waals surface area contributed by atoms with Gasteiger partial charge in [-0.15, -0.1) is 0 Å². The number of likely N-dealkylation sites (N-methyl/N-ethyl adjacent to an activating group) is 1. The van der Waals surface area contributed by atoms with Gasteiger partial charge in [0.25, 0.3) is 0 Å². The van der Waals surface area contributed by atoms with Crippen LogP contribution in [0.1, 0.15) is 59.3 Å². The molecule has 0 radical (unpaired) electrons. The summed E-state index contributed by atoms with van der Waals surface area (Å²) >= 11 is 0. The Bertz CT molecular complexity index is 1520. The maximum atomic E-state index is 12.3. The van der Waals surface area contributed by atoms with Gasteiger partial charge in [-0.3, -0.25) is 19.4 Å². The number of carbonyl (C=O) groups is 2. The molecule has 0 aliphatic carbocycles. The number of esters is 1. The van der Waals surface area contributed by atoms with E-state index >= 15 is 0 Å². The summed E-state index contributed by atoms with van der Waals surface area (Å²) < 4.78 is 23.3. The number of nitriles is 1. The van der Waals surface area contributed by atoms with E-state index in [0.717, 1.165) is 27.8 Å². The summed E-state index contributed by atoms with van der Waals surface area (Å²) in [6.45, 7) is 6.76. The smallest absolute Gasteiger partial charge is 0.308 e. The van der Waals surface area contributed by atoms with Gasteiger partial charge in [0.1, 0.15) is 11.8 Å². The van der Waals surface area contributed by atoms with Crippen LogP contribution in [0.2, 0.25) is 0 Å². The number of nitrogens with zero attached hydrogens (tertiary/aromatic N) is 3. The summed E-state index contributed by atoms with van der Waals surface area (Å²) in [5.74, 6) is 1.30. The molecule has 6 rings (SSSR count). The number of hydrogen-bond acceptors (Lipinski definition) is 10. The fourth-order valence-corrected chi connectivity index (χ4v) is 7.55. The highest BCUT2D eigenvalue weighted by Gasteiger charge is 2.56. The molecule has 4 aliphatic heterocycles. The van der Waals surface area contributed by atoms with Crippen LogP contribution in [0.15, 0.2) is 6.07 Å². The van der Waals surface area contributed by atoms with Crippen LogP contribution in [0, 0.1) is 25.2 Å². The van der Waals surface area contributed by atoms with Gasteiger partial charge in [0, 0.05) is 54.7 Å². The lowest BCUT2D eigenvalue weighted by Crippen LogP contribution is -2.68.